The summed E-state index contributed by atoms with van der Waals surface area (Å²) in [7, 11) is 0. The number of fused-ring (bicyclic) bond motifs is 1. The van der Waals surface area contributed by atoms with E-state index in [0.29, 0.717) is 28.3 Å². The molecule has 0 saturated heterocycles. The molecule has 0 aliphatic carbocycles. The van der Waals surface area contributed by atoms with Gasteiger partial charge in [-0.05, 0) is 49.9 Å². The number of hydrogen-bond donors (Lipinski definition) is 3. The highest BCUT2D eigenvalue weighted by atomic mass is 16.5. The average Bonchev–Trinajstić information content (AvgIpc) is 3.57. The van der Waals surface area contributed by atoms with E-state index in [9.17, 15) is 28.8 Å². The number of carbonyl (C=O) groups excluding carboxylic acids is 5. The van der Waals surface area contributed by atoms with Crippen molar-refractivity contribution < 1.29 is 42.7 Å². The summed E-state index contributed by atoms with van der Waals surface area (Å²) >= 11 is 0. The van der Waals surface area contributed by atoms with Gasteiger partial charge < -0.3 is 29.7 Å². The van der Waals surface area contributed by atoms with Gasteiger partial charge in [0.25, 0.3) is 5.91 Å². The van der Waals surface area contributed by atoms with Crippen molar-refractivity contribution in [2.75, 3.05) is 30.0 Å². The SMILES string of the molecule is CCOC(=O)CC[C@H](NC(=O)C(Cc1ccccc1)C(=O)Nc1ccc2c(c1)OCC(=O)N2Cc1ccc(-c2noc(=O)[nH]2)cc1)C(=O)OCC. The van der Waals surface area contributed by atoms with Crippen LogP contribution < -0.4 is 26.0 Å². The Hall–Kier alpha value is -6.25. The van der Waals surface area contributed by atoms with E-state index in [0.717, 1.165) is 5.56 Å². The second-order valence-corrected chi connectivity index (χ2v) is 11.5. The zero-order valence-electron chi connectivity index (χ0n) is 28.0. The van der Waals surface area contributed by atoms with Gasteiger partial charge in [-0.15, -0.1) is 0 Å². The normalized spacial score (nSPS) is 13.3. The van der Waals surface area contributed by atoms with Crippen LogP contribution in [0.3, 0.4) is 0 Å². The lowest BCUT2D eigenvalue weighted by Crippen LogP contribution is -2.48. The third-order valence-electron chi connectivity index (χ3n) is 7.92. The molecule has 1 aliphatic heterocycles. The number of benzene rings is 3. The van der Waals surface area contributed by atoms with E-state index < -0.39 is 41.5 Å². The maximum absolute atomic E-state index is 13.7. The van der Waals surface area contributed by atoms with Crippen molar-refractivity contribution in [1.29, 1.82) is 0 Å². The highest BCUT2D eigenvalue weighted by molar-refractivity contribution is 6.08. The molecular formula is C36H37N5O10. The Morgan fingerprint density at radius 3 is 2.35 bits per heavy atom. The number of carbonyl (C=O) groups is 5. The molecule has 0 bridgehead atoms. The standard InChI is InChI=1S/C36H37N5O10/c1-3-48-31(43)17-15-27(35(46)49-4-2)38-34(45)26(18-22-8-6-5-7-9-22)33(44)37-25-14-16-28-29(19-25)50-21-30(42)41(28)20-23-10-12-24(13-11-23)32-39-36(47)51-40-32/h5-14,16,19,26-27H,3-4,15,17-18,20-21H2,1-2H3,(H,37,44)(H,38,45)(H,39,40,47)/t26?,27-/m0/s1. The van der Waals surface area contributed by atoms with Gasteiger partial charge in [-0.3, -0.25) is 28.7 Å². The van der Waals surface area contributed by atoms with Crippen LogP contribution in [0.5, 0.6) is 5.75 Å². The summed E-state index contributed by atoms with van der Waals surface area (Å²) in [5, 5.41) is 9.06. The molecule has 266 valence electrons. The Kier molecular flexibility index (Phi) is 12.0. The highest BCUT2D eigenvalue weighted by Gasteiger charge is 2.33. The summed E-state index contributed by atoms with van der Waals surface area (Å²) in [5.41, 5.74) is 2.92. The maximum atomic E-state index is 13.7. The predicted octanol–water partition coefficient (Wildman–Crippen LogP) is 3.14. The third-order valence-corrected chi connectivity index (χ3v) is 7.92. The van der Waals surface area contributed by atoms with Gasteiger partial charge in [0, 0.05) is 23.7 Å². The van der Waals surface area contributed by atoms with Crippen LogP contribution in [-0.4, -0.2) is 65.7 Å². The summed E-state index contributed by atoms with van der Waals surface area (Å²) in [4.78, 5) is 80.4. The molecule has 1 aliphatic rings. The second-order valence-electron chi connectivity index (χ2n) is 11.5. The number of aromatic amines is 1. The van der Waals surface area contributed by atoms with Crippen molar-refractivity contribution in [1.82, 2.24) is 15.5 Å². The van der Waals surface area contributed by atoms with E-state index in [1.165, 1.54) is 0 Å². The maximum Gasteiger partial charge on any atom is 0.439 e. The second kappa shape index (κ2) is 16.9. The van der Waals surface area contributed by atoms with Crippen LogP contribution in [0.4, 0.5) is 11.4 Å². The molecule has 1 unspecified atom stereocenters. The number of nitrogens with one attached hydrogen (secondary N) is 3. The zero-order valence-corrected chi connectivity index (χ0v) is 28.0. The first-order chi connectivity index (χ1) is 24.6. The van der Waals surface area contributed by atoms with Crippen molar-refractivity contribution in [2.45, 2.75) is 45.7 Å². The monoisotopic (exact) mass is 699 g/mol. The van der Waals surface area contributed by atoms with Crippen LogP contribution in [0, 0.1) is 5.92 Å². The number of nitrogens with zero attached hydrogens (tertiary/aromatic N) is 2. The van der Waals surface area contributed by atoms with Crippen LogP contribution in [-0.2, 0) is 46.4 Å². The quantitative estimate of drug-likeness (QED) is 0.122. The fourth-order valence-electron chi connectivity index (χ4n) is 5.40. The first-order valence-electron chi connectivity index (χ1n) is 16.3. The lowest BCUT2D eigenvalue weighted by atomic mass is 9.96. The van der Waals surface area contributed by atoms with Crippen LogP contribution in [0.2, 0.25) is 0 Å². The number of ether oxygens (including phenoxy) is 3. The topological polar surface area (TPSA) is 199 Å². The lowest BCUT2D eigenvalue weighted by Gasteiger charge is -2.30. The van der Waals surface area contributed by atoms with Crippen molar-refractivity contribution in [2.24, 2.45) is 5.92 Å². The molecule has 0 fully saturated rings. The molecule has 3 N–H and O–H groups in total. The predicted molar refractivity (Wildman–Crippen MR) is 182 cm³/mol. The summed E-state index contributed by atoms with van der Waals surface area (Å²) in [6.07, 6.45) is -0.202. The van der Waals surface area contributed by atoms with Crippen molar-refractivity contribution >= 4 is 41.0 Å². The molecule has 3 aromatic carbocycles. The number of anilines is 2. The van der Waals surface area contributed by atoms with Gasteiger partial charge in [0.15, 0.2) is 12.4 Å². The van der Waals surface area contributed by atoms with Gasteiger partial charge in [0.2, 0.25) is 11.8 Å². The average molecular weight is 700 g/mol. The largest absolute Gasteiger partial charge is 0.481 e. The number of aromatic nitrogens is 2. The van der Waals surface area contributed by atoms with E-state index in [1.54, 1.807) is 85.5 Å². The summed E-state index contributed by atoms with van der Waals surface area (Å²) in [5.74, 6) is -4.24. The van der Waals surface area contributed by atoms with Gasteiger partial charge >= 0.3 is 17.7 Å². The number of amides is 3. The Labute approximate surface area is 292 Å². The molecule has 4 aromatic rings. The minimum Gasteiger partial charge on any atom is -0.481 e. The molecule has 5 rings (SSSR count). The fourth-order valence-corrected chi connectivity index (χ4v) is 5.40. The zero-order chi connectivity index (χ0) is 36.3. The molecule has 3 amide bonds. The van der Waals surface area contributed by atoms with Crippen molar-refractivity contribution in [3.05, 3.63) is 94.5 Å². The van der Waals surface area contributed by atoms with Crippen molar-refractivity contribution in [3.63, 3.8) is 0 Å². The number of hydrogen-bond acceptors (Lipinski definition) is 11. The molecule has 15 heteroatoms. The minimum atomic E-state index is -1.28. The molecule has 0 saturated carbocycles. The molecule has 2 heterocycles. The van der Waals surface area contributed by atoms with Gasteiger partial charge in [-0.1, -0.05) is 59.8 Å². The van der Waals surface area contributed by atoms with E-state index in [4.69, 9.17) is 14.2 Å². The van der Waals surface area contributed by atoms with Gasteiger partial charge in [-0.2, -0.15) is 0 Å². The van der Waals surface area contributed by atoms with Gasteiger partial charge in [0.05, 0.1) is 25.4 Å². The van der Waals surface area contributed by atoms with E-state index in [2.05, 4.69) is 25.3 Å². The molecule has 2 atom stereocenters. The summed E-state index contributed by atoms with van der Waals surface area (Å²) < 4.78 is 20.3. The first kappa shape index (κ1) is 36.0. The Morgan fingerprint density at radius 1 is 0.922 bits per heavy atom. The van der Waals surface area contributed by atoms with Crippen LogP contribution in [0.25, 0.3) is 11.4 Å². The van der Waals surface area contributed by atoms with Crippen LogP contribution >= 0.6 is 0 Å². The Morgan fingerprint density at radius 2 is 1.67 bits per heavy atom. The molecule has 15 nitrogen and oxygen atoms in total. The van der Waals surface area contributed by atoms with Crippen molar-refractivity contribution in [3.8, 4) is 17.1 Å². The summed E-state index contributed by atoms with van der Waals surface area (Å²) in [6, 6.07) is 19.6. The molecule has 0 radical (unpaired) electrons. The molecule has 51 heavy (non-hydrogen) atoms. The number of esters is 2. The lowest BCUT2D eigenvalue weighted by molar-refractivity contribution is -0.150. The molecular weight excluding hydrogens is 662 g/mol. The van der Waals surface area contributed by atoms with Gasteiger partial charge in [0.1, 0.15) is 17.7 Å². The van der Waals surface area contributed by atoms with Crippen LogP contribution in [0.1, 0.15) is 37.8 Å². The number of H-pyrrole nitrogens is 1. The van der Waals surface area contributed by atoms with E-state index in [-0.39, 0.29) is 57.4 Å². The smallest absolute Gasteiger partial charge is 0.439 e. The third kappa shape index (κ3) is 9.47. The first-order valence-corrected chi connectivity index (χ1v) is 16.3. The van der Waals surface area contributed by atoms with E-state index >= 15 is 0 Å². The Balaban J connectivity index is 1.32. The molecule has 1 aromatic heterocycles. The fraction of sp³-hybridized carbons (Fsp3) is 0.306. The minimum absolute atomic E-state index is 0.0151. The number of rotatable bonds is 15. The highest BCUT2D eigenvalue weighted by Crippen LogP contribution is 2.36. The summed E-state index contributed by atoms with van der Waals surface area (Å²) in [6.45, 7) is 3.49. The van der Waals surface area contributed by atoms with Crippen LogP contribution in [0.15, 0.2) is 82.1 Å². The Bertz CT molecular complexity index is 1920. The van der Waals surface area contributed by atoms with E-state index in [1.807, 2.05) is 6.07 Å². The molecule has 0 spiro atoms. The van der Waals surface area contributed by atoms with Gasteiger partial charge in [-0.25, -0.2) is 9.59 Å².